The van der Waals surface area contributed by atoms with Crippen LogP contribution in [0.1, 0.15) is 63.5 Å². The van der Waals surface area contributed by atoms with Gasteiger partial charge >= 0.3 is 5.97 Å². The maximum Gasteiger partial charge on any atom is 0.303 e. The minimum absolute atomic E-state index is 0.224. The molecule has 0 bridgehead atoms. The summed E-state index contributed by atoms with van der Waals surface area (Å²) < 4.78 is 2.26. The second-order valence-corrected chi connectivity index (χ2v) is 7.13. The average Bonchev–Trinajstić information content (AvgIpc) is 2.87. The van der Waals surface area contributed by atoms with Crippen molar-refractivity contribution in [1.82, 2.24) is 9.38 Å². The highest BCUT2D eigenvalue weighted by molar-refractivity contribution is 7.15. The van der Waals surface area contributed by atoms with Gasteiger partial charge in [-0.2, -0.15) is 0 Å². The molecule has 0 aromatic carbocycles. The van der Waals surface area contributed by atoms with Gasteiger partial charge in [0.05, 0.1) is 5.69 Å². The van der Waals surface area contributed by atoms with Crippen molar-refractivity contribution in [3.63, 3.8) is 0 Å². The van der Waals surface area contributed by atoms with Crippen LogP contribution >= 0.6 is 11.3 Å². The van der Waals surface area contributed by atoms with E-state index in [0.29, 0.717) is 18.3 Å². The Bertz CT molecular complexity index is 626. The SMILES string of the molecule is CC(C)Cc1nc2scc(CCCC(=O)O)n2c1C(C)C. The Balaban J connectivity index is 2.34. The second-order valence-electron chi connectivity index (χ2n) is 6.29. The van der Waals surface area contributed by atoms with Gasteiger partial charge in [-0.05, 0) is 31.1 Å². The fourth-order valence-corrected chi connectivity index (χ4v) is 3.65. The summed E-state index contributed by atoms with van der Waals surface area (Å²) in [5, 5.41) is 10.9. The number of aliphatic carboxylic acids is 1. The van der Waals surface area contributed by atoms with Gasteiger partial charge in [-0.25, -0.2) is 4.98 Å². The molecule has 0 amide bonds. The third-order valence-corrected chi connectivity index (χ3v) is 4.39. The third kappa shape index (κ3) is 3.64. The first-order valence-corrected chi connectivity index (χ1v) is 8.47. The summed E-state index contributed by atoms with van der Waals surface area (Å²) in [5.41, 5.74) is 3.69. The molecule has 0 spiro atoms. The van der Waals surface area contributed by atoms with Gasteiger partial charge in [0.1, 0.15) is 0 Å². The van der Waals surface area contributed by atoms with Crippen LogP contribution in [0.3, 0.4) is 0 Å². The number of nitrogens with zero attached hydrogens (tertiary/aromatic N) is 2. The highest BCUT2D eigenvalue weighted by Crippen LogP contribution is 2.29. The van der Waals surface area contributed by atoms with E-state index >= 15 is 0 Å². The molecule has 0 atom stereocenters. The molecule has 1 N–H and O–H groups in total. The molecule has 2 heterocycles. The van der Waals surface area contributed by atoms with E-state index in [2.05, 4.69) is 37.5 Å². The number of fused-ring (bicyclic) bond motifs is 1. The molecule has 0 radical (unpaired) electrons. The number of aromatic nitrogens is 2. The first-order chi connectivity index (χ1) is 9.90. The number of hydrogen-bond donors (Lipinski definition) is 1. The average molecular weight is 308 g/mol. The standard InChI is InChI=1S/C16H24N2O2S/c1-10(2)8-13-15(11(3)4)18-12(6-5-7-14(19)20)9-21-16(18)17-13/h9-11H,5-8H2,1-4H3,(H,19,20). The van der Waals surface area contributed by atoms with E-state index in [-0.39, 0.29) is 6.42 Å². The fraction of sp³-hybridized carbons (Fsp3) is 0.625. The Morgan fingerprint density at radius 1 is 1.38 bits per heavy atom. The Hall–Kier alpha value is -1.36. The molecule has 0 aliphatic rings. The smallest absolute Gasteiger partial charge is 0.303 e. The first kappa shape index (κ1) is 16.0. The van der Waals surface area contributed by atoms with E-state index in [0.717, 1.165) is 17.8 Å². The monoisotopic (exact) mass is 308 g/mol. The first-order valence-electron chi connectivity index (χ1n) is 7.59. The van der Waals surface area contributed by atoms with Crippen LogP contribution in [0.4, 0.5) is 0 Å². The molecule has 2 aromatic rings. The van der Waals surface area contributed by atoms with Crippen molar-refractivity contribution in [2.24, 2.45) is 5.92 Å². The van der Waals surface area contributed by atoms with E-state index in [1.54, 1.807) is 11.3 Å². The summed E-state index contributed by atoms with van der Waals surface area (Å²) in [4.78, 5) is 16.5. The number of carboxylic acids is 1. The lowest BCUT2D eigenvalue weighted by Crippen LogP contribution is -2.05. The predicted molar refractivity (Wildman–Crippen MR) is 86.3 cm³/mol. The lowest BCUT2D eigenvalue weighted by molar-refractivity contribution is -0.137. The van der Waals surface area contributed by atoms with E-state index < -0.39 is 5.97 Å². The summed E-state index contributed by atoms with van der Waals surface area (Å²) >= 11 is 1.66. The second kappa shape index (κ2) is 6.60. The van der Waals surface area contributed by atoms with Gasteiger partial charge in [-0.1, -0.05) is 27.7 Å². The Kier molecular flexibility index (Phi) is 5.04. The van der Waals surface area contributed by atoms with Gasteiger partial charge in [0.2, 0.25) is 0 Å². The number of hydrogen-bond acceptors (Lipinski definition) is 3. The zero-order valence-corrected chi connectivity index (χ0v) is 14.0. The van der Waals surface area contributed by atoms with Gasteiger partial charge in [-0.3, -0.25) is 9.20 Å². The maximum absolute atomic E-state index is 10.7. The number of carbonyl (C=O) groups is 1. The maximum atomic E-state index is 10.7. The van der Waals surface area contributed by atoms with Gasteiger partial charge in [0.15, 0.2) is 4.96 Å². The zero-order chi connectivity index (χ0) is 15.6. The fourth-order valence-electron chi connectivity index (χ4n) is 2.70. The molecule has 0 aliphatic carbocycles. The highest BCUT2D eigenvalue weighted by Gasteiger charge is 2.19. The quantitative estimate of drug-likeness (QED) is 0.837. The van der Waals surface area contributed by atoms with Gasteiger partial charge in [0, 0.05) is 23.2 Å². The normalized spacial score (nSPS) is 11.9. The van der Waals surface area contributed by atoms with Crippen molar-refractivity contribution in [2.45, 2.75) is 59.3 Å². The Labute approximate surface area is 129 Å². The molecule has 0 unspecified atom stereocenters. The van der Waals surface area contributed by atoms with Crippen LogP contribution in [0, 0.1) is 5.92 Å². The van der Waals surface area contributed by atoms with Crippen molar-refractivity contribution in [3.05, 3.63) is 22.5 Å². The van der Waals surface area contributed by atoms with Crippen LogP contribution in [0.15, 0.2) is 5.38 Å². The van der Waals surface area contributed by atoms with E-state index in [1.165, 1.54) is 17.1 Å². The Morgan fingerprint density at radius 2 is 2.10 bits per heavy atom. The molecule has 0 saturated heterocycles. The van der Waals surface area contributed by atoms with Gasteiger partial charge in [0.25, 0.3) is 0 Å². The topological polar surface area (TPSA) is 54.6 Å². The molecule has 0 fully saturated rings. The number of imidazole rings is 1. The van der Waals surface area contributed by atoms with E-state index in [9.17, 15) is 4.79 Å². The summed E-state index contributed by atoms with van der Waals surface area (Å²) in [5.74, 6) is 0.279. The number of carboxylic acid groups (broad SMARTS) is 1. The van der Waals surface area contributed by atoms with Gasteiger partial charge in [-0.15, -0.1) is 11.3 Å². The molecule has 116 valence electrons. The van der Waals surface area contributed by atoms with Crippen molar-refractivity contribution in [3.8, 4) is 0 Å². The summed E-state index contributed by atoms with van der Waals surface area (Å²) in [6.07, 6.45) is 2.69. The zero-order valence-electron chi connectivity index (χ0n) is 13.2. The van der Waals surface area contributed by atoms with Crippen LogP contribution in [-0.2, 0) is 17.6 Å². The molecule has 4 nitrogen and oxygen atoms in total. The summed E-state index contributed by atoms with van der Waals surface area (Å²) in [6.45, 7) is 8.83. The molecule has 0 saturated carbocycles. The third-order valence-electron chi connectivity index (χ3n) is 3.52. The van der Waals surface area contributed by atoms with Crippen LogP contribution in [-0.4, -0.2) is 20.5 Å². The lowest BCUT2D eigenvalue weighted by atomic mass is 10.0. The molecule has 2 aromatic heterocycles. The number of aryl methyl sites for hydroxylation is 1. The van der Waals surface area contributed by atoms with E-state index in [1.807, 2.05) is 0 Å². The molecular weight excluding hydrogens is 284 g/mol. The van der Waals surface area contributed by atoms with Crippen LogP contribution < -0.4 is 0 Å². The van der Waals surface area contributed by atoms with Crippen molar-refractivity contribution in [2.75, 3.05) is 0 Å². The molecular formula is C16H24N2O2S. The molecule has 21 heavy (non-hydrogen) atoms. The summed E-state index contributed by atoms with van der Waals surface area (Å²) in [7, 11) is 0. The summed E-state index contributed by atoms with van der Waals surface area (Å²) in [6, 6.07) is 0. The van der Waals surface area contributed by atoms with Crippen molar-refractivity contribution < 1.29 is 9.90 Å². The molecule has 5 heteroatoms. The largest absolute Gasteiger partial charge is 0.481 e. The number of thiazole rings is 1. The van der Waals surface area contributed by atoms with Crippen molar-refractivity contribution in [1.29, 1.82) is 0 Å². The highest BCUT2D eigenvalue weighted by atomic mass is 32.1. The predicted octanol–water partition coefficient (Wildman–Crippen LogP) is 4.13. The molecule has 2 rings (SSSR count). The number of rotatable bonds is 7. The minimum Gasteiger partial charge on any atom is -0.481 e. The van der Waals surface area contributed by atoms with Crippen LogP contribution in [0.25, 0.3) is 4.96 Å². The van der Waals surface area contributed by atoms with Crippen LogP contribution in [0.2, 0.25) is 0 Å². The Morgan fingerprint density at radius 3 is 2.67 bits per heavy atom. The van der Waals surface area contributed by atoms with E-state index in [4.69, 9.17) is 10.1 Å². The molecule has 0 aliphatic heterocycles. The lowest BCUT2D eigenvalue weighted by Gasteiger charge is -2.11. The van der Waals surface area contributed by atoms with Crippen molar-refractivity contribution >= 4 is 22.3 Å². The minimum atomic E-state index is -0.725. The van der Waals surface area contributed by atoms with Crippen LogP contribution in [0.5, 0.6) is 0 Å². The van der Waals surface area contributed by atoms with Gasteiger partial charge < -0.3 is 5.11 Å².